The summed E-state index contributed by atoms with van der Waals surface area (Å²) in [4.78, 5) is 23.3. The molecule has 1 N–H and O–H groups in total. The van der Waals surface area contributed by atoms with E-state index >= 15 is 0 Å². The molecule has 1 aromatic carbocycles. The first-order valence-electron chi connectivity index (χ1n) is 8.63. The van der Waals surface area contributed by atoms with Gasteiger partial charge in [0.1, 0.15) is 11.3 Å². The van der Waals surface area contributed by atoms with Crippen molar-refractivity contribution in [3.05, 3.63) is 53.0 Å². The lowest BCUT2D eigenvalue weighted by Gasteiger charge is -2.32. The van der Waals surface area contributed by atoms with Gasteiger partial charge in [0.15, 0.2) is 11.5 Å². The van der Waals surface area contributed by atoms with Crippen molar-refractivity contribution < 1.29 is 9.21 Å². The zero-order valence-electron chi connectivity index (χ0n) is 14.4. The number of benzene rings is 1. The van der Waals surface area contributed by atoms with Gasteiger partial charge < -0.3 is 14.6 Å². The topological polar surface area (TPSA) is 71.3 Å². The van der Waals surface area contributed by atoms with E-state index in [1.54, 1.807) is 25.4 Å². The molecule has 2 aromatic heterocycles. The minimum Gasteiger partial charge on any atom is -0.440 e. The van der Waals surface area contributed by atoms with Gasteiger partial charge in [-0.15, -0.1) is 0 Å². The third kappa shape index (κ3) is 3.12. The van der Waals surface area contributed by atoms with E-state index in [4.69, 9.17) is 16.0 Å². The molecule has 0 bridgehead atoms. The number of carbonyl (C=O) groups excluding carboxylic acids is 1. The van der Waals surface area contributed by atoms with Gasteiger partial charge in [0.2, 0.25) is 0 Å². The molecule has 134 valence electrons. The molecular weight excluding hydrogens is 352 g/mol. The predicted octanol–water partition coefficient (Wildman–Crippen LogP) is 3.62. The normalized spacial score (nSPS) is 15.4. The Morgan fingerprint density at radius 2 is 2.12 bits per heavy atom. The van der Waals surface area contributed by atoms with E-state index in [9.17, 15) is 4.79 Å². The average molecular weight is 371 g/mol. The highest BCUT2D eigenvalue weighted by Gasteiger charge is 2.27. The van der Waals surface area contributed by atoms with Crippen molar-refractivity contribution in [1.82, 2.24) is 15.3 Å². The van der Waals surface area contributed by atoms with E-state index < -0.39 is 0 Å². The summed E-state index contributed by atoms with van der Waals surface area (Å²) in [5, 5.41) is 3.33. The van der Waals surface area contributed by atoms with E-state index in [1.165, 1.54) is 0 Å². The van der Waals surface area contributed by atoms with Crippen LogP contribution in [0.15, 0.2) is 40.9 Å². The van der Waals surface area contributed by atoms with Crippen LogP contribution in [0.4, 0.5) is 5.82 Å². The number of anilines is 1. The summed E-state index contributed by atoms with van der Waals surface area (Å²) in [6.07, 6.45) is 3.51. The minimum absolute atomic E-state index is 0.119. The second kappa shape index (κ2) is 6.96. The van der Waals surface area contributed by atoms with Crippen LogP contribution in [0.2, 0.25) is 5.02 Å². The van der Waals surface area contributed by atoms with Crippen molar-refractivity contribution in [2.24, 2.45) is 0 Å². The second-order valence-electron chi connectivity index (χ2n) is 6.38. The fourth-order valence-corrected chi connectivity index (χ4v) is 3.56. The quantitative estimate of drug-likeness (QED) is 0.762. The number of aromatic nitrogens is 2. The first-order valence-corrected chi connectivity index (χ1v) is 9.01. The Hall–Kier alpha value is -2.60. The molecule has 3 aromatic rings. The van der Waals surface area contributed by atoms with Crippen LogP contribution in [-0.4, -0.2) is 36.0 Å². The number of carbonyl (C=O) groups is 1. The Morgan fingerprint density at radius 1 is 1.31 bits per heavy atom. The molecule has 1 amide bonds. The van der Waals surface area contributed by atoms with Crippen LogP contribution in [0, 0.1) is 0 Å². The number of nitrogens with zero attached hydrogens (tertiary/aromatic N) is 3. The highest BCUT2D eigenvalue weighted by molar-refractivity contribution is 6.31. The van der Waals surface area contributed by atoms with Crippen LogP contribution in [-0.2, 0) is 0 Å². The van der Waals surface area contributed by atoms with E-state index in [1.807, 2.05) is 18.2 Å². The largest absolute Gasteiger partial charge is 0.440 e. The molecule has 1 saturated heterocycles. The maximum Gasteiger partial charge on any atom is 0.254 e. The zero-order chi connectivity index (χ0) is 18.1. The van der Waals surface area contributed by atoms with Gasteiger partial charge in [0.05, 0.1) is 5.56 Å². The SMILES string of the molecule is CNC(=O)c1cccnc1N1CCC(c2nc3cc(Cl)ccc3o2)CC1. The number of hydrogen-bond donors (Lipinski definition) is 1. The Kier molecular flexibility index (Phi) is 4.51. The highest BCUT2D eigenvalue weighted by Crippen LogP contribution is 2.32. The molecule has 1 aliphatic heterocycles. The summed E-state index contributed by atoms with van der Waals surface area (Å²) < 4.78 is 5.91. The number of nitrogens with one attached hydrogen (secondary N) is 1. The smallest absolute Gasteiger partial charge is 0.254 e. The highest BCUT2D eigenvalue weighted by atomic mass is 35.5. The molecule has 26 heavy (non-hydrogen) atoms. The maximum atomic E-state index is 12.1. The molecule has 0 atom stereocenters. The van der Waals surface area contributed by atoms with Gasteiger partial charge in [-0.3, -0.25) is 4.79 Å². The predicted molar refractivity (Wildman–Crippen MR) is 101 cm³/mol. The fraction of sp³-hybridized carbons (Fsp3) is 0.316. The fourth-order valence-electron chi connectivity index (χ4n) is 3.39. The molecule has 1 fully saturated rings. The van der Waals surface area contributed by atoms with Crippen molar-refractivity contribution in [2.75, 3.05) is 25.0 Å². The monoisotopic (exact) mass is 370 g/mol. The standard InChI is InChI=1S/C19H19ClN4O2/c1-21-18(25)14-3-2-8-22-17(14)24-9-6-12(7-10-24)19-23-15-11-13(20)4-5-16(15)26-19/h2-5,8,11-12H,6-7,9-10H2,1H3,(H,21,25). The average Bonchev–Trinajstić information content (AvgIpc) is 3.10. The van der Waals surface area contributed by atoms with Gasteiger partial charge in [-0.05, 0) is 43.2 Å². The number of fused-ring (bicyclic) bond motifs is 1. The molecule has 0 spiro atoms. The van der Waals surface area contributed by atoms with Gasteiger partial charge in [-0.25, -0.2) is 9.97 Å². The Balaban J connectivity index is 1.51. The summed E-state index contributed by atoms with van der Waals surface area (Å²) in [5.74, 6) is 1.62. The Morgan fingerprint density at radius 3 is 2.88 bits per heavy atom. The summed E-state index contributed by atoms with van der Waals surface area (Å²) in [5.41, 5.74) is 2.16. The van der Waals surface area contributed by atoms with Gasteiger partial charge >= 0.3 is 0 Å². The lowest BCUT2D eigenvalue weighted by atomic mass is 9.96. The molecular formula is C19H19ClN4O2. The summed E-state index contributed by atoms with van der Waals surface area (Å²) in [6, 6.07) is 9.07. The third-order valence-corrected chi connectivity index (χ3v) is 5.00. The molecule has 7 heteroatoms. The van der Waals surface area contributed by atoms with Crippen molar-refractivity contribution in [3.8, 4) is 0 Å². The molecule has 3 heterocycles. The van der Waals surface area contributed by atoms with Crippen molar-refractivity contribution >= 4 is 34.4 Å². The van der Waals surface area contributed by atoms with Gasteiger partial charge in [-0.2, -0.15) is 0 Å². The first kappa shape index (κ1) is 16.8. The molecule has 0 unspecified atom stereocenters. The van der Waals surface area contributed by atoms with Crippen LogP contribution in [0.5, 0.6) is 0 Å². The lowest BCUT2D eigenvalue weighted by Crippen LogP contribution is -2.35. The van der Waals surface area contributed by atoms with Crippen molar-refractivity contribution in [2.45, 2.75) is 18.8 Å². The molecule has 6 nitrogen and oxygen atoms in total. The Bertz CT molecular complexity index is 948. The first-order chi connectivity index (χ1) is 12.7. The van der Waals surface area contributed by atoms with Gasteiger partial charge in [0.25, 0.3) is 5.91 Å². The second-order valence-corrected chi connectivity index (χ2v) is 6.82. The van der Waals surface area contributed by atoms with E-state index in [0.29, 0.717) is 10.6 Å². The van der Waals surface area contributed by atoms with E-state index in [2.05, 4.69) is 20.2 Å². The molecule has 0 aliphatic carbocycles. The number of amides is 1. The van der Waals surface area contributed by atoms with E-state index in [-0.39, 0.29) is 11.8 Å². The maximum absolute atomic E-state index is 12.1. The minimum atomic E-state index is -0.119. The van der Waals surface area contributed by atoms with Gasteiger partial charge in [0, 0.05) is 37.3 Å². The summed E-state index contributed by atoms with van der Waals surface area (Å²) in [6.45, 7) is 1.59. The molecule has 4 rings (SSSR count). The molecule has 1 aliphatic rings. The number of halogens is 1. The number of pyridine rings is 1. The number of oxazole rings is 1. The van der Waals surface area contributed by atoms with Crippen LogP contribution in [0.25, 0.3) is 11.1 Å². The van der Waals surface area contributed by atoms with E-state index in [0.717, 1.165) is 48.7 Å². The van der Waals surface area contributed by atoms with Crippen LogP contribution in [0.1, 0.15) is 35.0 Å². The van der Waals surface area contributed by atoms with Crippen LogP contribution in [0.3, 0.4) is 0 Å². The van der Waals surface area contributed by atoms with Crippen LogP contribution >= 0.6 is 11.6 Å². The molecule has 0 radical (unpaired) electrons. The summed E-state index contributed by atoms with van der Waals surface area (Å²) in [7, 11) is 1.63. The van der Waals surface area contributed by atoms with Crippen molar-refractivity contribution in [3.63, 3.8) is 0 Å². The van der Waals surface area contributed by atoms with Gasteiger partial charge in [-0.1, -0.05) is 11.6 Å². The number of piperidine rings is 1. The molecule has 0 saturated carbocycles. The Labute approximate surface area is 156 Å². The summed E-state index contributed by atoms with van der Waals surface area (Å²) >= 11 is 6.03. The third-order valence-electron chi connectivity index (χ3n) is 4.77. The number of rotatable bonds is 3. The number of hydrogen-bond acceptors (Lipinski definition) is 5. The lowest BCUT2D eigenvalue weighted by molar-refractivity contribution is 0.0963. The van der Waals surface area contributed by atoms with Crippen molar-refractivity contribution in [1.29, 1.82) is 0 Å². The van der Waals surface area contributed by atoms with Crippen LogP contribution < -0.4 is 10.2 Å². The zero-order valence-corrected chi connectivity index (χ0v) is 15.2.